The molecule has 0 fully saturated rings. The largest absolute Gasteiger partial charge is 0.465 e. The van der Waals surface area contributed by atoms with Gasteiger partial charge in [-0.2, -0.15) is 0 Å². The van der Waals surface area contributed by atoms with E-state index in [2.05, 4.69) is 11.9 Å². The molecule has 0 saturated heterocycles. The molecule has 1 heterocycles. The normalized spacial score (nSPS) is 11.2. The molecule has 1 aromatic heterocycles. The van der Waals surface area contributed by atoms with Gasteiger partial charge in [0.05, 0.1) is 6.54 Å². The van der Waals surface area contributed by atoms with Crippen molar-refractivity contribution in [3.63, 3.8) is 0 Å². The van der Waals surface area contributed by atoms with Gasteiger partial charge in [-0.3, -0.25) is 4.90 Å². The van der Waals surface area contributed by atoms with Gasteiger partial charge in [-0.25, -0.2) is 0 Å². The predicted octanol–water partition coefficient (Wildman–Crippen LogP) is 2.15. The molecule has 0 aromatic carbocycles. The Bertz CT molecular complexity index is 270. The molecule has 86 valence electrons. The van der Waals surface area contributed by atoms with Gasteiger partial charge in [0, 0.05) is 0 Å². The molecule has 0 bridgehead atoms. The highest BCUT2D eigenvalue weighted by molar-refractivity contribution is 5.05. The Morgan fingerprint density at radius 3 is 2.67 bits per heavy atom. The zero-order valence-corrected chi connectivity index (χ0v) is 9.83. The molecule has 0 unspecified atom stereocenters. The van der Waals surface area contributed by atoms with Gasteiger partial charge in [0.15, 0.2) is 0 Å². The summed E-state index contributed by atoms with van der Waals surface area (Å²) in [6, 6.07) is 4.06. The van der Waals surface area contributed by atoms with Crippen molar-refractivity contribution >= 4 is 0 Å². The Balaban J connectivity index is 2.15. The maximum Gasteiger partial charge on any atom is 0.118 e. The van der Waals surface area contributed by atoms with Crippen LogP contribution in [0.3, 0.4) is 0 Å². The molecule has 0 aliphatic carbocycles. The van der Waals surface area contributed by atoms with E-state index >= 15 is 0 Å². The molecular weight excluding hydrogens is 188 g/mol. The van der Waals surface area contributed by atoms with Crippen LogP contribution in [0, 0.1) is 6.92 Å². The number of hydrogen-bond acceptors (Lipinski definition) is 3. The summed E-state index contributed by atoms with van der Waals surface area (Å²) < 4.78 is 5.52. The van der Waals surface area contributed by atoms with Gasteiger partial charge in [-0.05, 0) is 52.0 Å². The lowest BCUT2D eigenvalue weighted by Gasteiger charge is -2.14. The topological polar surface area (TPSA) is 42.4 Å². The molecule has 1 aromatic rings. The van der Waals surface area contributed by atoms with E-state index in [1.165, 1.54) is 12.8 Å². The van der Waals surface area contributed by atoms with Gasteiger partial charge in [-0.1, -0.05) is 6.42 Å². The van der Waals surface area contributed by atoms with E-state index in [-0.39, 0.29) is 0 Å². The first-order valence-electron chi connectivity index (χ1n) is 5.66. The van der Waals surface area contributed by atoms with E-state index in [1.807, 2.05) is 19.1 Å². The molecule has 3 nitrogen and oxygen atoms in total. The number of nitrogens with zero attached hydrogens (tertiary/aromatic N) is 1. The van der Waals surface area contributed by atoms with Crippen LogP contribution < -0.4 is 5.73 Å². The van der Waals surface area contributed by atoms with Crippen molar-refractivity contribution in [1.29, 1.82) is 0 Å². The second-order valence-corrected chi connectivity index (χ2v) is 4.10. The molecule has 15 heavy (non-hydrogen) atoms. The highest BCUT2D eigenvalue weighted by Gasteiger charge is 2.03. The summed E-state index contributed by atoms with van der Waals surface area (Å²) in [6.07, 6.45) is 3.57. The summed E-state index contributed by atoms with van der Waals surface area (Å²) in [7, 11) is 2.13. The number of furan rings is 1. The van der Waals surface area contributed by atoms with E-state index in [0.29, 0.717) is 0 Å². The van der Waals surface area contributed by atoms with E-state index in [0.717, 1.165) is 37.6 Å². The fourth-order valence-electron chi connectivity index (χ4n) is 1.62. The highest BCUT2D eigenvalue weighted by atomic mass is 16.3. The number of nitrogens with two attached hydrogens (primary N) is 1. The molecular formula is C12H22N2O. The minimum Gasteiger partial charge on any atom is -0.465 e. The summed E-state index contributed by atoms with van der Waals surface area (Å²) in [5.74, 6) is 2.04. The first-order chi connectivity index (χ1) is 7.22. The smallest absolute Gasteiger partial charge is 0.118 e. The third-order valence-electron chi connectivity index (χ3n) is 2.47. The first-order valence-corrected chi connectivity index (χ1v) is 5.66. The van der Waals surface area contributed by atoms with Crippen LogP contribution in [0.1, 0.15) is 30.8 Å². The fraction of sp³-hybridized carbons (Fsp3) is 0.667. The predicted molar refractivity (Wildman–Crippen MR) is 62.7 cm³/mol. The van der Waals surface area contributed by atoms with Crippen LogP contribution in [-0.2, 0) is 6.54 Å². The molecule has 1 rings (SSSR count). The molecule has 0 saturated carbocycles. The first kappa shape index (κ1) is 12.3. The van der Waals surface area contributed by atoms with Crippen LogP contribution >= 0.6 is 0 Å². The van der Waals surface area contributed by atoms with Crippen LogP contribution in [-0.4, -0.2) is 25.0 Å². The number of aryl methyl sites for hydroxylation is 1. The monoisotopic (exact) mass is 210 g/mol. The molecule has 0 aliphatic heterocycles. The quantitative estimate of drug-likeness (QED) is 0.701. The number of unbranched alkanes of at least 4 members (excludes halogenated alkanes) is 2. The van der Waals surface area contributed by atoms with Crippen LogP contribution in [0.2, 0.25) is 0 Å². The van der Waals surface area contributed by atoms with Crippen molar-refractivity contribution in [2.24, 2.45) is 5.73 Å². The third kappa shape index (κ3) is 5.00. The van der Waals surface area contributed by atoms with Crippen molar-refractivity contribution in [1.82, 2.24) is 4.90 Å². The lowest BCUT2D eigenvalue weighted by Crippen LogP contribution is -2.18. The second-order valence-electron chi connectivity index (χ2n) is 4.10. The Kier molecular flexibility index (Phi) is 5.43. The number of rotatable bonds is 7. The van der Waals surface area contributed by atoms with Crippen LogP contribution in [0.25, 0.3) is 0 Å². The minimum atomic E-state index is 0.807. The molecule has 0 amide bonds. The summed E-state index contributed by atoms with van der Waals surface area (Å²) in [5, 5.41) is 0. The molecule has 3 heteroatoms. The lowest BCUT2D eigenvalue weighted by atomic mass is 10.2. The highest BCUT2D eigenvalue weighted by Crippen LogP contribution is 2.09. The van der Waals surface area contributed by atoms with Crippen molar-refractivity contribution in [3.8, 4) is 0 Å². The summed E-state index contributed by atoms with van der Waals surface area (Å²) >= 11 is 0. The zero-order chi connectivity index (χ0) is 11.1. The Labute approximate surface area is 92.2 Å². The van der Waals surface area contributed by atoms with E-state index < -0.39 is 0 Å². The van der Waals surface area contributed by atoms with Crippen molar-refractivity contribution in [2.75, 3.05) is 20.1 Å². The van der Waals surface area contributed by atoms with E-state index in [9.17, 15) is 0 Å². The Morgan fingerprint density at radius 1 is 1.27 bits per heavy atom. The van der Waals surface area contributed by atoms with Crippen LogP contribution in [0.4, 0.5) is 0 Å². The van der Waals surface area contributed by atoms with Crippen LogP contribution in [0.15, 0.2) is 16.5 Å². The maximum atomic E-state index is 5.52. The van der Waals surface area contributed by atoms with Gasteiger partial charge >= 0.3 is 0 Å². The molecule has 0 spiro atoms. The molecule has 0 aliphatic rings. The summed E-state index contributed by atoms with van der Waals surface area (Å²) in [4.78, 5) is 2.29. The average molecular weight is 210 g/mol. The van der Waals surface area contributed by atoms with Crippen molar-refractivity contribution < 1.29 is 4.42 Å². The molecule has 0 atom stereocenters. The van der Waals surface area contributed by atoms with Gasteiger partial charge in [-0.15, -0.1) is 0 Å². The van der Waals surface area contributed by atoms with Gasteiger partial charge in [0.25, 0.3) is 0 Å². The van der Waals surface area contributed by atoms with Gasteiger partial charge < -0.3 is 10.2 Å². The third-order valence-corrected chi connectivity index (χ3v) is 2.47. The van der Waals surface area contributed by atoms with E-state index in [4.69, 9.17) is 10.2 Å². The Hall–Kier alpha value is -0.800. The average Bonchev–Trinajstić information content (AvgIpc) is 2.59. The molecule has 2 N–H and O–H groups in total. The number of hydrogen-bond donors (Lipinski definition) is 1. The van der Waals surface area contributed by atoms with Crippen molar-refractivity contribution in [2.45, 2.75) is 32.7 Å². The van der Waals surface area contributed by atoms with Crippen LogP contribution in [0.5, 0.6) is 0 Å². The van der Waals surface area contributed by atoms with E-state index in [1.54, 1.807) is 0 Å². The second kappa shape index (κ2) is 6.64. The SMILES string of the molecule is Cc1ccc(CN(C)CCCCCN)o1. The summed E-state index contributed by atoms with van der Waals surface area (Å²) in [6.45, 7) is 4.79. The molecule has 0 radical (unpaired) electrons. The Morgan fingerprint density at radius 2 is 2.07 bits per heavy atom. The lowest BCUT2D eigenvalue weighted by molar-refractivity contribution is 0.286. The minimum absolute atomic E-state index is 0.807. The van der Waals surface area contributed by atoms with Gasteiger partial charge in [0.1, 0.15) is 11.5 Å². The van der Waals surface area contributed by atoms with Gasteiger partial charge in [0.2, 0.25) is 0 Å². The maximum absolute atomic E-state index is 5.52. The summed E-state index contributed by atoms with van der Waals surface area (Å²) in [5.41, 5.74) is 5.44. The zero-order valence-electron chi connectivity index (χ0n) is 9.83. The fourth-order valence-corrected chi connectivity index (χ4v) is 1.62. The standard InChI is InChI=1S/C12H22N2O/c1-11-6-7-12(15-11)10-14(2)9-5-3-4-8-13/h6-7H,3-5,8-10,13H2,1-2H3. The van der Waals surface area contributed by atoms with Crippen molar-refractivity contribution in [3.05, 3.63) is 23.7 Å².